The highest BCUT2D eigenvalue weighted by Gasteiger charge is 2.27. The number of pyridine rings is 1. The van der Waals surface area contributed by atoms with Crippen LogP contribution < -0.4 is 9.80 Å². The number of carbonyl (C=O) groups excluding carboxylic acids is 1. The lowest BCUT2D eigenvalue weighted by atomic mass is 10.0. The Hall–Kier alpha value is -2.56. The van der Waals surface area contributed by atoms with Gasteiger partial charge in [-0.25, -0.2) is 0 Å². The van der Waals surface area contributed by atoms with E-state index in [1.165, 1.54) is 5.69 Å². The number of likely N-dealkylation sites (N-methyl/N-ethyl adjacent to an activating group) is 1. The third-order valence-electron chi connectivity index (χ3n) is 4.86. The van der Waals surface area contributed by atoms with E-state index in [1.54, 1.807) is 6.20 Å². The highest BCUT2D eigenvalue weighted by Crippen LogP contribution is 2.23. The fourth-order valence-electron chi connectivity index (χ4n) is 3.31. The van der Waals surface area contributed by atoms with E-state index in [4.69, 9.17) is 0 Å². The van der Waals surface area contributed by atoms with Gasteiger partial charge < -0.3 is 14.7 Å². The molecule has 0 radical (unpaired) electrons. The van der Waals surface area contributed by atoms with E-state index in [2.05, 4.69) is 34.1 Å². The largest absolute Gasteiger partial charge is 0.378 e. The maximum absolute atomic E-state index is 12.9. The van der Waals surface area contributed by atoms with Crippen LogP contribution in [0, 0.1) is 0 Å². The molecule has 0 spiro atoms. The second kappa shape index (κ2) is 7.55. The van der Waals surface area contributed by atoms with E-state index in [1.807, 2.05) is 49.1 Å². The summed E-state index contributed by atoms with van der Waals surface area (Å²) in [5.74, 6) is -0.0105. The van der Waals surface area contributed by atoms with Gasteiger partial charge in [-0.05, 0) is 37.1 Å². The fourth-order valence-corrected chi connectivity index (χ4v) is 3.31. The van der Waals surface area contributed by atoms with Gasteiger partial charge in [0.2, 0.25) is 0 Å². The van der Waals surface area contributed by atoms with Gasteiger partial charge in [0.1, 0.15) is 5.69 Å². The predicted octanol–water partition coefficient (Wildman–Crippen LogP) is 2.89. The van der Waals surface area contributed by atoms with Gasteiger partial charge in [0.15, 0.2) is 0 Å². The molecule has 5 heteroatoms. The van der Waals surface area contributed by atoms with Crippen LogP contribution in [0.2, 0.25) is 0 Å². The highest BCUT2D eigenvalue weighted by atomic mass is 16.2. The molecule has 0 N–H and O–H groups in total. The zero-order chi connectivity index (χ0) is 17.8. The van der Waals surface area contributed by atoms with Crippen molar-refractivity contribution in [3.05, 3.63) is 54.4 Å². The van der Waals surface area contributed by atoms with Gasteiger partial charge in [0.25, 0.3) is 5.91 Å². The van der Waals surface area contributed by atoms with E-state index in [-0.39, 0.29) is 11.9 Å². The third kappa shape index (κ3) is 3.92. The zero-order valence-corrected chi connectivity index (χ0v) is 15.2. The molecular weight excluding hydrogens is 312 g/mol. The Morgan fingerprint density at radius 1 is 1.16 bits per heavy atom. The molecule has 1 amide bonds. The molecule has 25 heavy (non-hydrogen) atoms. The van der Waals surface area contributed by atoms with E-state index in [0.29, 0.717) is 5.69 Å². The van der Waals surface area contributed by atoms with E-state index < -0.39 is 0 Å². The van der Waals surface area contributed by atoms with Crippen LogP contribution in [0.3, 0.4) is 0 Å². The van der Waals surface area contributed by atoms with Crippen LogP contribution in [-0.4, -0.2) is 56.1 Å². The molecule has 5 nitrogen and oxygen atoms in total. The number of anilines is 2. The molecule has 1 aliphatic heterocycles. The Labute approximate surface area is 149 Å². The minimum atomic E-state index is -0.0105. The number of para-hydroxylation sites is 1. The molecule has 1 aromatic heterocycles. The normalized spacial score (nSPS) is 17.2. The summed E-state index contributed by atoms with van der Waals surface area (Å²) in [7, 11) is 5.82. The summed E-state index contributed by atoms with van der Waals surface area (Å²) in [6.45, 7) is 1.90. The minimum absolute atomic E-state index is 0.0105. The first-order valence-corrected chi connectivity index (χ1v) is 8.77. The van der Waals surface area contributed by atoms with Gasteiger partial charge in [-0.1, -0.05) is 18.2 Å². The van der Waals surface area contributed by atoms with Crippen molar-refractivity contribution in [1.29, 1.82) is 0 Å². The van der Waals surface area contributed by atoms with Crippen LogP contribution in [0.25, 0.3) is 0 Å². The number of hydrogen-bond acceptors (Lipinski definition) is 4. The number of hydrogen-bond donors (Lipinski definition) is 0. The van der Waals surface area contributed by atoms with Crippen molar-refractivity contribution in [2.24, 2.45) is 0 Å². The van der Waals surface area contributed by atoms with Crippen molar-refractivity contribution in [3.63, 3.8) is 0 Å². The number of benzene rings is 1. The predicted molar refractivity (Wildman–Crippen MR) is 102 cm³/mol. The molecule has 0 saturated carbocycles. The van der Waals surface area contributed by atoms with Gasteiger partial charge >= 0.3 is 0 Å². The van der Waals surface area contributed by atoms with Crippen LogP contribution in [0.4, 0.5) is 11.4 Å². The van der Waals surface area contributed by atoms with Gasteiger partial charge in [-0.15, -0.1) is 0 Å². The van der Waals surface area contributed by atoms with Crippen LogP contribution in [0.15, 0.2) is 48.7 Å². The number of rotatable bonds is 4. The molecule has 2 aromatic rings. The quantitative estimate of drug-likeness (QED) is 0.859. The van der Waals surface area contributed by atoms with Gasteiger partial charge in [0.05, 0.1) is 0 Å². The molecule has 1 atom stereocenters. The van der Waals surface area contributed by atoms with Crippen LogP contribution in [-0.2, 0) is 0 Å². The lowest BCUT2D eigenvalue weighted by Gasteiger charge is -2.38. The summed E-state index contributed by atoms with van der Waals surface area (Å²) >= 11 is 0. The van der Waals surface area contributed by atoms with Crippen molar-refractivity contribution < 1.29 is 4.79 Å². The Kier molecular flexibility index (Phi) is 5.22. The molecule has 132 valence electrons. The smallest absolute Gasteiger partial charge is 0.272 e. The first-order chi connectivity index (χ1) is 12.1. The van der Waals surface area contributed by atoms with E-state index >= 15 is 0 Å². The molecule has 2 heterocycles. The summed E-state index contributed by atoms with van der Waals surface area (Å²) < 4.78 is 0. The number of aromatic nitrogens is 1. The molecule has 1 aliphatic rings. The van der Waals surface area contributed by atoms with E-state index in [0.717, 1.165) is 31.6 Å². The second-order valence-corrected chi connectivity index (χ2v) is 6.79. The molecule has 1 unspecified atom stereocenters. The number of nitrogens with zero attached hydrogens (tertiary/aromatic N) is 4. The molecule has 0 aliphatic carbocycles. The zero-order valence-electron chi connectivity index (χ0n) is 15.2. The molecule has 1 saturated heterocycles. The first kappa shape index (κ1) is 17.3. The van der Waals surface area contributed by atoms with Crippen LogP contribution in [0.5, 0.6) is 0 Å². The standard InChI is InChI=1S/C20H26N4O/c1-22(2)17-11-12-21-19(14-17)20(25)23(3)18-10-7-13-24(15-18)16-8-5-4-6-9-16/h4-6,8-9,11-12,14,18H,7,10,13,15H2,1-3H3. The molecule has 0 bridgehead atoms. The summed E-state index contributed by atoms with van der Waals surface area (Å²) in [6, 6.07) is 14.4. The SMILES string of the molecule is CN(C)c1ccnc(C(=O)N(C)C2CCCN(c3ccccc3)C2)c1. The molecular formula is C20H26N4O. The number of carbonyl (C=O) groups is 1. The number of amides is 1. The fraction of sp³-hybridized carbons (Fsp3) is 0.400. The summed E-state index contributed by atoms with van der Waals surface area (Å²) in [6.07, 6.45) is 3.81. The van der Waals surface area contributed by atoms with Crippen LogP contribution in [0.1, 0.15) is 23.3 Å². The number of piperidine rings is 1. The third-order valence-corrected chi connectivity index (χ3v) is 4.86. The summed E-state index contributed by atoms with van der Waals surface area (Å²) in [5, 5.41) is 0. The molecule has 3 rings (SSSR count). The van der Waals surface area contributed by atoms with E-state index in [9.17, 15) is 4.79 Å². The first-order valence-electron chi connectivity index (χ1n) is 8.77. The average Bonchev–Trinajstić information content (AvgIpc) is 2.67. The topological polar surface area (TPSA) is 39.7 Å². The minimum Gasteiger partial charge on any atom is -0.378 e. The van der Waals surface area contributed by atoms with Gasteiger partial charge in [-0.2, -0.15) is 0 Å². The van der Waals surface area contributed by atoms with Crippen molar-refractivity contribution in [2.45, 2.75) is 18.9 Å². The van der Waals surface area contributed by atoms with Crippen molar-refractivity contribution in [1.82, 2.24) is 9.88 Å². The monoisotopic (exact) mass is 338 g/mol. The van der Waals surface area contributed by atoms with Crippen molar-refractivity contribution in [3.8, 4) is 0 Å². The Bertz CT molecular complexity index is 717. The van der Waals surface area contributed by atoms with Crippen molar-refractivity contribution >= 4 is 17.3 Å². The van der Waals surface area contributed by atoms with Gasteiger partial charge in [0, 0.05) is 57.8 Å². The lowest BCUT2D eigenvalue weighted by molar-refractivity contribution is 0.0711. The maximum Gasteiger partial charge on any atom is 0.272 e. The maximum atomic E-state index is 12.9. The second-order valence-electron chi connectivity index (χ2n) is 6.79. The van der Waals surface area contributed by atoms with Crippen LogP contribution >= 0.6 is 0 Å². The highest BCUT2D eigenvalue weighted by molar-refractivity contribution is 5.93. The molecule has 1 fully saturated rings. The average molecular weight is 338 g/mol. The summed E-state index contributed by atoms with van der Waals surface area (Å²) in [4.78, 5) is 23.4. The molecule has 1 aromatic carbocycles. The summed E-state index contributed by atoms with van der Waals surface area (Å²) in [5.41, 5.74) is 2.72. The Morgan fingerprint density at radius 3 is 2.64 bits per heavy atom. The lowest BCUT2D eigenvalue weighted by Crippen LogP contribution is -2.48. The Morgan fingerprint density at radius 2 is 1.92 bits per heavy atom. The van der Waals surface area contributed by atoms with Gasteiger partial charge in [-0.3, -0.25) is 9.78 Å². The Balaban J connectivity index is 1.72. The van der Waals surface area contributed by atoms with Crippen molar-refractivity contribution in [2.75, 3.05) is 44.0 Å².